The molecule has 0 spiro atoms. The molecule has 2 aromatic rings. The number of hydrogen-bond donors (Lipinski definition) is 0. The van der Waals surface area contributed by atoms with Crippen LogP contribution in [0.1, 0.15) is 52.7 Å². The molecule has 1 aliphatic rings. The van der Waals surface area contributed by atoms with E-state index in [9.17, 15) is 8.42 Å². The molecule has 3 rings (SSSR count). The highest BCUT2D eigenvalue weighted by Crippen LogP contribution is 2.33. The summed E-state index contributed by atoms with van der Waals surface area (Å²) < 4.78 is 37.6. The molecule has 0 N–H and O–H groups in total. The van der Waals surface area contributed by atoms with Crippen molar-refractivity contribution in [1.29, 1.82) is 0 Å². The SMILES string of the molecule is CC(C)(C)c1ccc(S(=O)(=O)c2cc(OCC3CO3)cc(C(C)(C)C)c2)cc1. The van der Waals surface area contributed by atoms with Gasteiger partial charge in [-0.2, -0.15) is 0 Å². The Labute approximate surface area is 168 Å². The first-order chi connectivity index (χ1) is 12.9. The summed E-state index contributed by atoms with van der Waals surface area (Å²) in [6, 6.07) is 12.5. The van der Waals surface area contributed by atoms with Crippen LogP contribution in [-0.2, 0) is 25.4 Å². The topological polar surface area (TPSA) is 55.9 Å². The fourth-order valence-corrected chi connectivity index (χ4v) is 4.19. The Balaban J connectivity index is 2.00. The molecule has 28 heavy (non-hydrogen) atoms. The minimum atomic E-state index is -3.64. The fraction of sp³-hybridized carbons (Fsp3) is 0.478. The van der Waals surface area contributed by atoms with Crippen molar-refractivity contribution >= 4 is 9.84 Å². The van der Waals surface area contributed by atoms with Crippen LogP contribution in [0.25, 0.3) is 0 Å². The maximum atomic E-state index is 13.3. The lowest BCUT2D eigenvalue weighted by molar-refractivity contribution is 0.262. The standard InChI is InChI=1S/C23H30O4S/c1-22(2,3)16-7-9-20(10-8-16)28(24,25)21-12-17(23(4,5)6)11-18(13-21)26-14-19-15-27-19/h7-13,19H,14-15H2,1-6H3. The second kappa shape index (κ2) is 7.20. The summed E-state index contributed by atoms with van der Waals surface area (Å²) in [7, 11) is -3.64. The molecule has 4 nitrogen and oxygen atoms in total. The predicted octanol–water partition coefficient (Wildman–Crippen LogP) is 4.89. The van der Waals surface area contributed by atoms with Gasteiger partial charge in [-0.15, -0.1) is 0 Å². The molecule has 0 amide bonds. The maximum absolute atomic E-state index is 13.3. The molecule has 0 aromatic heterocycles. The molecule has 0 aliphatic carbocycles. The number of sulfone groups is 1. The quantitative estimate of drug-likeness (QED) is 0.668. The van der Waals surface area contributed by atoms with Crippen molar-refractivity contribution in [3.63, 3.8) is 0 Å². The van der Waals surface area contributed by atoms with Crippen molar-refractivity contribution in [2.45, 2.75) is 68.3 Å². The van der Waals surface area contributed by atoms with Gasteiger partial charge in [-0.3, -0.25) is 0 Å². The molecule has 0 saturated carbocycles. The van der Waals surface area contributed by atoms with Gasteiger partial charge in [0.15, 0.2) is 0 Å². The molecule has 1 unspecified atom stereocenters. The zero-order chi connectivity index (χ0) is 20.7. The lowest BCUT2D eigenvalue weighted by Gasteiger charge is -2.22. The zero-order valence-electron chi connectivity index (χ0n) is 17.6. The van der Waals surface area contributed by atoms with Crippen LogP contribution < -0.4 is 4.74 Å². The zero-order valence-corrected chi connectivity index (χ0v) is 18.4. The van der Waals surface area contributed by atoms with E-state index in [1.807, 2.05) is 18.2 Å². The number of benzene rings is 2. The molecule has 1 aliphatic heterocycles. The summed E-state index contributed by atoms with van der Waals surface area (Å²) in [6.07, 6.45) is 0.114. The van der Waals surface area contributed by atoms with Gasteiger partial charge in [0.2, 0.25) is 9.84 Å². The monoisotopic (exact) mass is 402 g/mol. The predicted molar refractivity (Wildman–Crippen MR) is 111 cm³/mol. The van der Waals surface area contributed by atoms with Crippen LogP contribution in [0.2, 0.25) is 0 Å². The smallest absolute Gasteiger partial charge is 0.206 e. The average Bonchev–Trinajstić information content (AvgIpc) is 3.43. The number of hydrogen-bond acceptors (Lipinski definition) is 4. The Bertz CT molecular complexity index is 942. The third kappa shape index (κ3) is 4.76. The molecular formula is C23H30O4S. The van der Waals surface area contributed by atoms with Gasteiger partial charge in [0, 0.05) is 0 Å². The highest BCUT2D eigenvalue weighted by molar-refractivity contribution is 7.91. The van der Waals surface area contributed by atoms with E-state index in [4.69, 9.17) is 9.47 Å². The van der Waals surface area contributed by atoms with Crippen molar-refractivity contribution in [3.8, 4) is 5.75 Å². The van der Waals surface area contributed by atoms with Gasteiger partial charge in [-0.25, -0.2) is 8.42 Å². The number of epoxide rings is 1. The Hall–Kier alpha value is -1.85. The second-order valence-corrected chi connectivity index (χ2v) is 11.4. The van der Waals surface area contributed by atoms with Gasteiger partial charge < -0.3 is 9.47 Å². The Morgan fingerprint density at radius 1 is 0.893 bits per heavy atom. The normalized spacial score (nSPS) is 17.4. The van der Waals surface area contributed by atoms with Crippen molar-refractivity contribution in [1.82, 2.24) is 0 Å². The average molecular weight is 403 g/mol. The number of ether oxygens (including phenoxy) is 2. The van der Waals surface area contributed by atoms with Crippen LogP contribution in [0, 0.1) is 0 Å². The molecule has 0 bridgehead atoms. The first kappa shape index (κ1) is 20.9. The minimum Gasteiger partial charge on any atom is -0.491 e. The second-order valence-electron chi connectivity index (χ2n) is 9.49. The molecule has 0 radical (unpaired) electrons. The number of rotatable bonds is 5. The molecule has 1 saturated heterocycles. The summed E-state index contributed by atoms with van der Waals surface area (Å²) in [6.45, 7) is 13.6. The highest BCUT2D eigenvalue weighted by Gasteiger charge is 2.26. The summed E-state index contributed by atoms with van der Waals surface area (Å²) in [5.41, 5.74) is 1.80. The van der Waals surface area contributed by atoms with E-state index in [1.54, 1.807) is 24.3 Å². The van der Waals surface area contributed by atoms with E-state index >= 15 is 0 Å². The van der Waals surface area contributed by atoms with Gasteiger partial charge in [-0.1, -0.05) is 53.7 Å². The molecule has 152 valence electrons. The summed E-state index contributed by atoms with van der Waals surface area (Å²) in [4.78, 5) is 0.554. The lowest BCUT2D eigenvalue weighted by atomic mass is 9.87. The highest BCUT2D eigenvalue weighted by atomic mass is 32.2. The van der Waals surface area contributed by atoms with Gasteiger partial charge in [0.05, 0.1) is 16.4 Å². The van der Waals surface area contributed by atoms with Crippen LogP contribution in [0.4, 0.5) is 0 Å². The Morgan fingerprint density at radius 3 is 1.96 bits per heavy atom. The van der Waals surface area contributed by atoms with E-state index in [0.29, 0.717) is 23.9 Å². The van der Waals surface area contributed by atoms with Crippen molar-refractivity contribution in [2.75, 3.05) is 13.2 Å². The molecule has 1 heterocycles. The lowest BCUT2D eigenvalue weighted by Crippen LogP contribution is -2.14. The van der Waals surface area contributed by atoms with E-state index < -0.39 is 9.84 Å². The Morgan fingerprint density at radius 2 is 1.46 bits per heavy atom. The van der Waals surface area contributed by atoms with Gasteiger partial charge in [0.1, 0.15) is 18.5 Å². The summed E-state index contributed by atoms with van der Waals surface area (Å²) in [5, 5.41) is 0. The first-order valence-electron chi connectivity index (χ1n) is 9.63. The van der Waals surface area contributed by atoms with Crippen LogP contribution in [0.3, 0.4) is 0 Å². The van der Waals surface area contributed by atoms with E-state index in [2.05, 4.69) is 41.5 Å². The van der Waals surface area contributed by atoms with Crippen molar-refractivity contribution in [2.24, 2.45) is 0 Å². The van der Waals surface area contributed by atoms with Crippen LogP contribution in [-0.4, -0.2) is 27.7 Å². The first-order valence-corrected chi connectivity index (χ1v) is 11.1. The maximum Gasteiger partial charge on any atom is 0.206 e. The summed E-state index contributed by atoms with van der Waals surface area (Å²) >= 11 is 0. The summed E-state index contributed by atoms with van der Waals surface area (Å²) in [5.74, 6) is 0.563. The molecule has 5 heteroatoms. The largest absolute Gasteiger partial charge is 0.491 e. The Kier molecular flexibility index (Phi) is 5.36. The molecular weight excluding hydrogens is 372 g/mol. The van der Waals surface area contributed by atoms with Gasteiger partial charge in [0.25, 0.3) is 0 Å². The van der Waals surface area contributed by atoms with E-state index in [0.717, 1.165) is 11.1 Å². The third-order valence-electron chi connectivity index (χ3n) is 4.93. The van der Waals surface area contributed by atoms with Crippen molar-refractivity contribution < 1.29 is 17.9 Å². The third-order valence-corrected chi connectivity index (χ3v) is 6.67. The van der Waals surface area contributed by atoms with Crippen LogP contribution in [0.15, 0.2) is 52.3 Å². The van der Waals surface area contributed by atoms with E-state index in [-0.39, 0.29) is 21.8 Å². The minimum absolute atomic E-state index is 0.0274. The molecule has 1 atom stereocenters. The van der Waals surface area contributed by atoms with Gasteiger partial charge >= 0.3 is 0 Å². The van der Waals surface area contributed by atoms with E-state index in [1.165, 1.54) is 0 Å². The van der Waals surface area contributed by atoms with Crippen LogP contribution >= 0.6 is 0 Å². The van der Waals surface area contributed by atoms with Crippen molar-refractivity contribution in [3.05, 3.63) is 53.6 Å². The van der Waals surface area contributed by atoms with Gasteiger partial charge in [-0.05, 0) is 52.3 Å². The molecule has 1 fully saturated rings. The fourth-order valence-electron chi connectivity index (χ4n) is 2.87. The van der Waals surface area contributed by atoms with Crippen LogP contribution in [0.5, 0.6) is 5.75 Å². The molecule has 2 aromatic carbocycles.